The van der Waals surface area contributed by atoms with Crippen LogP contribution in [-0.2, 0) is 38.4 Å². The van der Waals surface area contributed by atoms with Gasteiger partial charge in [0.25, 0.3) is 0 Å². The SMILES string of the molecule is Cc1ccc(C)cc1.O=C1[C@@H]2C3C(c4ccccc4)=C4SC=CC4([C@@H]2C(=O)N1c1ccccc1)[C@H]1C(=O)N(c2ccccc2)C(=O)[C@@H]31.O=C1[C@@H]2C3C(c4ccccc4)=C4SC=CC4([C@@H]2C(=O)N1c1ccccc1)[C@H]1C(=O)N(c2ccccc2)C(=O)[C@@H]31. The van der Waals surface area contributed by atoms with Gasteiger partial charge in [-0.3, -0.25) is 38.4 Å². The molecule has 6 aliphatic carbocycles. The summed E-state index contributed by atoms with van der Waals surface area (Å²) in [7, 11) is 0. The van der Waals surface area contributed by atoms with E-state index >= 15 is 0 Å². The van der Waals surface area contributed by atoms with Crippen molar-refractivity contribution in [2.45, 2.75) is 13.8 Å². The first-order valence-corrected chi connectivity index (χ1v) is 30.7. The van der Waals surface area contributed by atoms with E-state index in [2.05, 4.69) is 38.1 Å². The van der Waals surface area contributed by atoms with Crippen LogP contribution < -0.4 is 19.6 Å². The zero-order valence-electron chi connectivity index (χ0n) is 46.6. The Hall–Kier alpha value is -9.24. The molecular weight excluding hydrogens is 1110 g/mol. The lowest BCUT2D eigenvalue weighted by atomic mass is 9.44. The summed E-state index contributed by atoms with van der Waals surface area (Å²) in [6.07, 6.45) is 3.89. The second-order valence-electron chi connectivity index (χ2n) is 23.5. The van der Waals surface area contributed by atoms with Crippen LogP contribution in [-0.4, -0.2) is 47.3 Å². The van der Waals surface area contributed by atoms with E-state index in [1.54, 1.807) is 97.1 Å². The molecule has 6 fully saturated rings. The molecule has 7 aromatic rings. The van der Waals surface area contributed by atoms with Gasteiger partial charge in [-0.2, -0.15) is 0 Å². The number of hydrogen-bond donors (Lipinski definition) is 0. The first-order chi connectivity index (χ1) is 41.9. The lowest BCUT2D eigenvalue weighted by molar-refractivity contribution is -0.142. The lowest BCUT2D eigenvalue weighted by Crippen LogP contribution is -2.59. The molecule has 4 bridgehead atoms. The molecule has 6 heterocycles. The summed E-state index contributed by atoms with van der Waals surface area (Å²) in [6.45, 7) is 4.19. The third kappa shape index (κ3) is 7.38. The second kappa shape index (κ2) is 20.2. The Kier molecular flexibility index (Phi) is 12.6. The Morgan fingerprint density at radius 1 is 0.291 bits per heavy atom. The minimum atomic E-state index is -1.06. The van der Waals surface area contributed by atoms with Crippen molar-refractivity contribution in [3.63, 3.8) is 0 Å². The smallest absolute Gasteiger partial charge is 0.238 e. The number of imide groups is 4. The van der Waals surface area contributed by atoms with Gasteiger partial charge in [-0.25, -0.2) is 19.6 Å². The molecule has 422 valence electrons. The molecule has 6 aliphatic heterocycles. The maximum atomic E-state index is 14.3. The third-order valence-electron chi connectivity index (χ3n) is 19.5. The number of rotatable bonds is 6. The van der Waals surface area contributed by atoms with Crippen LogP contribution in [0.1, 0.15) is 22.3 Å². The van der Waals surface area contributed by atoms with Crippen molar-refractivity contribution in [1.29, 1.82) is 0 Å². The molecule has 14 heteroatoms. The van der Waals surface area contributed by atoms with Crippen LogP contribution in [0.3, 0.4) is 0 Å². The Labute approximate surface area is 504 Å². The zero-order chi connectivity index (χ0) is 58.9. The highest BCUT2D eigenvalue weighted by molar-refractivity contribution is 8.06. The topological polar surface area (TPSA) is 150 Å². The van der Waals surface area contributed by atoms with Crippen molar-refractivity contribution >= 4 is 105 Å². The minimum absolute atomic E-state index is 0.296. The largest absolute Gasteiger partial charge is 0.274 e. The number of para-hydroxylation sites is 4. The van der Waals surface area contributed by atoms with Gasteiger partial charge in [0.2, 0.25) is 47.3 Å². The molecular formula is C72H54N4O8S2. The third-order valence-corrected chi connectivity index (χ3v) is 21.6. The quantitative estimate of drug-likeness (QED) is 0.147. The van der Waals surface area contributed by atoms with E-state index in [-0.39, 0.29) is 47.3 Å². The fourth-order valence-corrected chi connectivity index (χ4v) is 19.0. The van der Waals surface area contributed by atoms with Gasteiger partial charge < -0.3 is 0 Å². The summed E-state index contributed by atoms with van der Waals surface area (Å²) in [4.78, 5) is 121. The fraction of sp³-hybridized carbons (Fsp3) is 0.194. The van der Waals surface area contributed by atoms with Gasteiger partial charge in [-0.15, -0.1) is 23.5 Å². The Morgan fingerprint density at radius 3 is 0.767 bits per heavy atom. The molecule has 2 spiro atoms. The summed E-state index contributed by atoms with van der Waals surface area (Å²) in [5.41, 5.74) is 6.28. The number of benzene rings is 7. The number of thioether (sulfide) groups is 2. The monoisotopic (exact) mass is 1170 g/mol. The average molecular weight is 1170 g/mol. The van der Waals surface area contributed by atoms with E-state index in [4.69, 9.17) is 0 Å². The minimum Gasteiger partial charge on any atom is -0.274 e. The van der Waals surface area contributed by atoms with E-state index in [0.29, 0.717) is 22.7 Å². The van der Waals surface area contributed by atoms with Crippen LogP contribution >= 0.6 is 23.5 Å². The van der Waals surface area contributed by atoms with E-state index < -0.39 is 70.0 Å². The van der Waals surface area contributed by atoms with Gasteiger partial charge in [0.1, 0.15) is 0 Å². The number of carbonyl (C=O) groups is 8. The number of amides is 8. The second-order valence-corrected chi connectivity index (χ2v) is 25.4. The van der Waals surface area contributed by atoms with Crippen molar-refractivity contribution < 1.29 is 38.4 Å². The highest BCUT2D eigenvalue weighted by atomic mass is 32.2. The Morgan fingerprint density at radius 2 is 0.523 bits per heavy atom. The Bertz CT molecular complexity index is 3740. The Balaban J connectivity index is 0.000000129. The van der Waals surface area contributed by atoms with Crippen molar-refractivity contribution in [3.05, 3.63) is 261 Å². The molecule has 86 heavy (non-hydrogen) atoms. The molecule has 0 N–H and O–H groups in total. The summed E-state index contributed by atoms with van der Waals surface area (Å²) < 4.78 is 0. The average Bonchev–Trinajstić information content (AvgIpc) is 1.46. The van der Waals surface area contributed by atoms with Crippen LogP contribution in [0.5, 0.6) is 0 Å². The fourth-order valence-electron chi connectivity index (χ4n) is 16.3. The number of nitrogens with zero attached hydrogens (tertiary/aromatic N) is 4. The first kappa shape index (κ1) is 53.5. The van der Waals surface area contributed by atoms with Gasteiger partial charge >= 0.3 is 0 Å². The van der Waals surface area contributed by atoms with Crippen molar-refractivity contribution in [1.82, 2.24) is 0 Å². The molecule has 12 atom stereocenters. The number of allylic oxidation sites excluding steroid dienone is 6. The summed E-state index contributed by atoms with van der Waals surface area (Å²) in [5.74, 6) is -9.54. The number of anilines is 4. The standard InChI is InChI=1S/2C32H22N2O4S.C8H10/c2*35-28-23-22-21(18-10-4-1-5-11-18)27-32(16-17-39-27,25(23)30(37)33(28)19-12-6-2-7-13-19)26-24(22)29(36)34(31(26)38)20-14-8-3-9-15-20;1-7-3-5-8(2)6-4-7/h2*1-17,22-26H;3-6H,1-2H3/t2*22?,23-,24+,25+,26-,32?;. The first-order valence-electron chi connectivity index (χ1n) is 28.9. The highest BCUT2D eigenvalue weighted by Crippen LogP contribution is 2.76. The maximum Gasteiger partial charge on any atom is 0.238 e. The summed E-state index contributed by atoms with van der Waals surface area (Å²) in [5, 5.41) is 3.87. The maximum absolute atomic E-state index is 14.3. The molecule has 8 amide bonds. The molecule has 4 unspecified atom stereocenters. The molecule has 0 radical (unpaired) electrons. The van der Waals surface area contributed by atoms with E-state index in [1.165, 1.54) is 54.3 Å². The van der Waals surface area contributed by atoms with E-state index in [1.807, 2.05) is 108 Å². The van der Waals surface area contributed by atoms with Crippen LogP contribution in [0.4, 0.5) is 22.7 Å². The van der Waals surface area contributed by atoms with Crippen LogP contribution in [0.2, 0.25) is 0 Å². The molecule has 19 rings (SSSR count). The predicted molar refractivity (Wildman–Crippen MR) is 332 cm³/mol. The van der Waals surface area contributed by atoms with Crippen LogP contribution in [0.25, 0.3) is 11.1 Å². The van der Waals surface area contributed by atoms with E-state index in [0.717, 1.165) is 32.1 Å². The lowest BCUT2D eigenvalue weighted by Gasteiger charge is -2.55. The molecule has 4 saturated heterocycles. The molecule has 2 saturated carbocycles. The van der Waals surface area contributed by atoms with Gasteiger partial charge in [0.15, 0.2) is 0 Å². The molecule has 12 nitrogen and oxygen atoms in total. The van der Waals surface area contributed by atoms with Gasteiger partial charge in [-0.1, -0.05) is 181 Å². The number of aryl methyl sites for hydroxylation is 2. The molecule has 0 aromatic heterocycles. The van der Waals surface area contributed by atoms with Crippen molar-refractivity contribution in [2.24, 2.45) is 70.0 Å². The van der Waals surface area contributed by atoms with Crippen LogP contribution in [0, 0.1) is 83.9 Å². The molecule has 12 aliphatic rings. The number of carbonyl (C=O) groups excluding carboxylic acids is 8. The number of hydrogen-bond acceptors (Lipinski definition) is 10. The van der Waals surface area contributed by atoms with Crippen molar-refractivity contribution in [2.75, 3.05) is 19.6 Å². The summed E-state index contributed by atoms with van der Waals surface area (Å²) >= 11 is 3.03. The highest BCUT2D eigenvalue weighted by Gasteiger charge is 2.80. The van der Waals surface area contributed by atoms with Gasteiger partial charge in [-0.05, 0) is 95.5 Å². The predicted octanol–water partition coefficient (Wildman–Crippen LogP) is 12.1. The van der Waals surface area contributed by atoms with Crippen LogP contribution in [0.15, 0.2) is 239 Å². The van der Waals surface area contributed by atoms with Gasteiger partial charge in [0, 0.05) is 32.5 Å². The zero-order valence-corrected chi connectivity index (χ0v) is 48.2. The normalized spacial score (nSPS) is 30.1. The van der Waals surface area contributed by atoms with Crippen molar-refractivity contribution in [3.8, 4) is 0 Å². The molecule has 7 aromatic carbocycles. The van der Waals surface area contributed by atoms with E-state index in [9.17, 15) is 38.4 Å². The summed E-state index contributed by atoms with van der Waals surface area (Å²) in [6, 6.07) is 63.9. The van der Waals surface area contributed by atoms with Gasteiger partial charge in [0.05, 0.1) is 70.1 Å².